The maximum atomic E-state index is 12.3. The van der Waals surface area contributed by atoms with E-state index >= 15 is 0 Å². The van der Waals surface area contributed by atoms with Crippen LogP contribution in [-0.2, 0) is 4.74 Å². The Morgan fingerprint density at radius 2 is 1.33 bits per heavy atom. The second-order valence-corrected chi connectivity index (χ2v) is 7.40. The van der Waals surface area contributed by atoms with Gasteiger partial charge in [0.1, 0.15) is 28.6 Å². The lowest BCUT2D eigenvalue weighted by Gasteiger charge is -2.43. The zero-order valence-corrected chi connectivity index (χ0v) is 16.7. The highest BCUT2D eigenvalue weighted by Crippen LogP contribution is 2.63. The van der Waals surface area contributed by atoms with Gasteiger partial charge in [0.15, 0.2) is 0 Å². The first-order valence-electron chi connectivity index (χ1n) is 9.54. The second kappa shape index (κ2) is 6.42. The van der Waals surface area contributed by atoms with Crippen molar-refractivity contribution in [3.05, 3.63) is 81.4 Å². The lowest BCUT2D eigenvalue weighted by Crippen LogP contribution is -2.29. The number of methoxy groups -OCH3 is 3. The Morgan fingerprint density at radius 3 is 1.83 bits per heavy atom. The van der Waals surface area contributed by atoms with Gasteiger partial charge in [0.25, 0.3) is 0 Å². The van der Waals surface area contributed by atoms with Crippen LogP contribution in [0.1, 0.15) is 55.6 Å². The number of phenols is 2. The summed E-state index contributed by atoms with van der Waals surface area (Å²) in [6.45, 7) is 0. The molecule has 6 nitrogen and oxygen atoms in total. The summed E-state index contributed by atoms with van der Waals surface area (Å²) in [7, 11) is 4.44. The van der Waals surface area contributed by atoms with Gasteiger partial charge in [0, 0.05) is 34.1 Å². The van der Waals surface area contributed by atoms with Gasteiger partial charge in [-0.2, -0.15) is 0 Å². The fourth-order valence-electron chi connectivity index (χ4n) is 5.05. The standard InChI is InChI=1S/C24H20O6/c1-28-15-8-9-16(29-2)21-18-12-7-5-4-6-11(12)17(20(15)21)19-14(25)10-13(24(27)30-3)23(26)22(18)19/h4-10,17-18,25-26H,1-3H3. The summed E-state index contributed by atoms with van der Waals surface area (Å²) in [5.41, 5.74) is 4.78. The normalized spacial score (nSPS) is 17.6. The van der Waals surface area contributed by atoms with Crippen LogP contribution in [0.3, 0.4) is 0 Å². The molecule has 0 heterocycles. The Kier molecular flexibility index (Phi) is 3.93. The zero-order valence-electron chi connectivity index (χ0n) is 16.7. The van der Waals surface area contributed by atoms with Crippen LogP contribution >= 0.6 is 0 Å². The third-order valence-electron chi connectivity index (χ3n) is 6.18. The van der Waals surface area contributed by atoms with E-state index in [0.29, 0.717) is 22.6 Å². The van der Waals surface area contributed by atoms with Gasteiger partial charge < -0.3 is 24.4 Å². The van der Waals surface area contributed by atoms with Crippen LogP contribution in [0.15, 0.2) is 42.5 Å². The van der Waals surface area contributed by atoms with E-state index in [4.69, 9.17) is 14.2 Å². The predicted molar refractivity (Wildman–Crippen MR) is 109 cm³/mol. The van der Waals surface area contributed by atoms with Gasteiger partial charge in [-0.15, -0.1) is 0 Å². The summed E-state index contributed by atoms with van der Waals surface area (Å²) in [5.74, 6) is -0.438. The largest absolute Gasteiger partial charge is 0.508 e. The third-order valence-corrected chi connectivity index (χ3v) is 6.18. The van der Waals surface area contributed by atoms with Crippen molar-refractivity contribution in [2.45, 2.75) is 11.8 Å². The molecule has 3 aliphatic carbocycles. The summed E-state index contributed by atoms with van der Waals surface area (Å²) in [6.07, 6.45) is 0. The minimum Gasteiger partial charge on any atom is -0.508 e. The molecule has 2 N–H and O–H groups in total. The van der Waals surface area contributed by atoms with Crippen LogP contribution in [0.25, 0.3) is 0 Å². The molecule has 30 heavy (non-hydrogen) atoms. The minimum atomic E-state index is -0.710. The molecular weight excluding hydrogens is 384 g/mol. The molecule has 2 unspecified atom stereocenters. The molecule has 0 radical (unpaired) electrons. The number of aromatic hydroxyl groups is 2. The van der Waals surface area contributed by atoms with Gasteiger partial charge in [-0.1, -0.05) is 24.3 Å². The molecule has 0 aromatic heterocycles. The molecule has 2 bridgehead atoms. The van der Waals surface area contributed by atoms with Crippen molar-refractivity contribution in [2.75, 3.05) is 21.3 Å². The highest BCUT2D eigenvalue weighted by molar-refractivity contribution is 5.95. The summed E-state index contributed by atoms with van der Waals surface area (Å²) in [4.78, 5) is 12.3. The Labute approximate surface area is 173 Å². The first-order chi connectivity index (χ1) is 14.5. The zero-order chi connectivity index (χ0) is 21.2. The first-order valence-corrected chi connectivity index (χ1v) is 9.54. The SMILES string of the molecule is COC(=O)c1cc(O)c2c(c1O)C1c3ccccc3C2c2c(OC)ccc(OC)c21. The van der Waals surface area contributed by atoms with Gasteiger partial charge in [-0.3, -0.25) is 0 Å². The number of carbonyl (C=O) groups excluding carboxylic acids is 1. The van der Waals surface area contributed by atoms with Crippen molar-refractivity contribution >= 4 is 5.97 Å². The molecule has 152 valence electrons. The van der Waals surface area contributed by atoms with Crippen molar-refractivity contribution in [2.24, 2.45) is 0 Å². The molecular formula is C24H20O6. The highest BCUT2D eigenvalue weighted by Gasteiger charge is 2.48. The summed E-state index contributed by atoms with van der Waals surface area (Å²) < 4.78 is 16.2. The Hall–Kier alpha value is -3.67. The molecule has 0 spiro atoms. The van der Waals surface area contributed by atoms with E-state index in [-0.39, 0.29) is 23.0 Å². The first kappa shape index (κ1) is 18.4. The van der Waals surface area contributed by atoms with E-state index in [9.17, 15) is 15.0 Å². The lowest BCUT2D eigenvalue weighted by atomic mass is 9.60. The van der Waals surface area contributed by atoms with Crippen LogP contribution < -0.4 is 9.47 Å². The predicted octanol–water partition coefficient (Wildman–Crippen LogP) is 3.89. The average Bonchev–Trinajstić information content (AvgIpc) is 2.79. The van der Waals surface area contributed by atoms with E-state index in [0.717, 1.165) is 22.3 Å². The van der Waals surface area contributed by atoms with Crippen LogP contribution in [0.5, 0.6) is 23.0 Å². The van der Waals surface area contributed by atoms with Crippen LogP contribution in [0.2, 0.25) is 0 Å². The Bertz CT molecular complexity index is 1210. The Balaban J connectivity index is 1.93. The van der Waals surface area contributed by atoms with Crippen LogP contribution in [0, 0.1) is 0 Å². The van der Waals surface area contributed by atoms with Crippen molar-refractivity contribution in [1.29, 1.82) is 0 Å². The number of rotatable bonds is 3. The molecule has 0 fully saturated rings. The number of carbonyl (C=O) groups is 1. The van der Waals surface area contributed by atoms with Crippen molar-refractivity contribution in [3.8, 4) is 23.0 Å². The molecule has 0 saturated heterocycles. The van der Waals surface area contributed by atoms with E-state index < -0.39 is 11.9 Å². The number of hydrogen-bond acceptors (Lipinski definition) is 6. The Morgan fingerprint density at radius 1 is 0.800 bits per heavy atom. The van der Waals surface area contributed by atoms with Crippen LogP contribution in [-0.4, -0.2) is 37.5 Å². The fraction of sp³-hybridized carbons (Fsp3) is 0.208. The number of ether oxygens (including phenoxy) is 3. The monoisotopic (exact) mass is 404 g/mol. The van der Waals surface area contributed by atoms with E-state index in [2.05, 4.69) is 0 Å². The van der Waals surface area contributed by atoms with E-state index in [1.54, 1.807) is 14.2 Å². The summed E-state index contributed by atoms with van der Waals surface area (Å²) in [6, 6.07) is 12.9. The van der Waals surface area contributed by atoms with Crippen molar-refractivity contribution in [1.82, 2.24) is 0 Å². The minimum absolute atomic E-state index is 0.0665. The highest BCUT2D eigenvalue weighted by atomic mass is 16.5. The maximum absolute atomic E-state index is 12.3. The molecule has 0 aliphatic heterocycles. The number of phenolic OH excluding ortho intramolecular Hbond substituents is 2. The smallest absolute Gasteiger partial charge is 0.341 e. The number of benzene rings is 3. The van der Waals surface area contributed by atoms with Crippen LogP contribution in [0.4, 0.5) is 0 Å². The topological polar surface area (TPSA) is 85.2 Å². The molecule has 3 aromatic carbocycles. The van der Waals surface area contributed by atoms with Gasteiger partial charge in [0.05, 0.1) is 21.3 Å². The summed E-state index contributed by atoms with van der Waals surface area (Å²) >= 11 is 0. The average molecular weight is 404 g/mol. The van der Waals surface area contributed by atoms with Gasteiger partial charge in [-0.25, -0.2) is 4.79 Å². The maximum Gasteiger partial charge on any atom is 0.341 e. The number of esters is 1. The van der Waals surface area contributed by atoms with Crippen molar-refractivity contribution < 1.29 is 29.2 Å². The molecule has 6 rings (SSSR count). The number of hydrogen-bond donors (Lipinski definition) is 2. The molecule has 2 atom stereocenters. The molecule has 0 saturated carbocycles. The second-order valence-electron chi connectivity index (χ2n) is 7.40. The molecule has 6 heteroatoms. The fourth-order valence-corrected chi connectivity index (χ4v) is 5.05. The third kappa shape index (κ3) is 2.16. The van der Waals surface area contributed by atoms with Gasteiger partial charge in [-0.05, 0) is 29.3 Å². The van der Waals surface area contributed by atoms with E-state index in [1.165, 1.54) is 13.2 Å². The van der Waals surface area contributed by atoms with E-state index in [1.807, 2.05) is 36.4 Å². The molecule has 3 aliphatic rings. The van der Waals surface area contributed by atoms with Gasteiger partial charge >= 0.3 is 5.97 Å². The van der Waals surface area contributed by atoms with Gasteiger partial charge in [0.2, 0.25) is 0 Å². The molecule has 0 amide bonds. The van der Waals surface area contributed by atoms with Crippen molar-refractivity contribution in [3.63, 3.8) is 0 Å². The quantitative estimate of drug-likeness (QED) is 0.351. The lowest BCUT2D eigenvalue weighted by molar-refractivity contribution is 0.0596. The molecule has 3 aromatic rings. The summed E-state index contributed by atoms with van der Waals surface area (Å²) in [5, 5.41) is 22.1.